The van der Waals surface area contributed by atoms with Gasteiger partial charge in [-0.1, -0.05) is 0 Å². The van der Waals surface area contributed by atoms with Crippen molar-refractivity contribution in [3.05, 3.63) is 54.0 Å². The number of benzene rings is 1. The molecule has 2 heterocycles. The Morgan fingerprint density at radius 3 is 2.56 bits per heavy atom. The lowest BCUT2D eigenvalue weighted by Gasteiger charge is -2.32. The molecule has 1 unspecified atom stereocenters. The number of hydrogen-bond donors (Lipinski definition) is 1. The van der Waals surface area contributed by atoms with Crippen LogP contribution in [0.1, 0.15) is 23.2 Å². The highest BCUT2D eigenvalue weighted by atomic mass is 19.1. The fourth-order valence-electron chi connectivity index (χ4n) is 3.12. The van der Waals surface area contributed by atoms with Gasteiger partial charge in [0, 0.05) is 32.7 Å². The number of rotatable bonds is 4. The first-order valence-corrected chi connectivity index (χ1v) is 8.93. The topological polar surface area (TPSA) is 65.5 Å². The highest BCUT2D eigenvalue weighted by Gasteiger charge is 2.29. The predicted octanol–water partition coefficient (Wildman–Crippen LogP) is 2.78. The number of anilines is 2. The first kappa shape index (κ1) is 18.8. The molecule has 3 rings (SSSR count). The molecule has 1 N–H and O–H groups in total. The third kappa shape index (κ3) is 4.61. The molecule has 2 aromatic rings. The first-order chi connectivity index (χ1) is 12.9. The molecule has 0 saturated carbocycles. The number of halogens is 1. The van der Waals surface area contributed by atoms with Gasteiger partial charge in [-0.3, -0.25) is 9.59 Å². The molecule has 7 heteroatoms. The van der Waals surface area contributed by atoms with Crippen LogP contribution in [0, 0.1) is 11.7 Å². The maximum atomic E-state index is 13.1. The maximum Gasteiger partial charge on any atom is 0.253 e. The molecular weight excluding hydrogens is 347 g/mol. The Labute approximate surface area is 158 Å². The fraction of sp³-hybridized carbons (Fsp3) is 0.350. The minimum atomic E-state index is -0.378. The summed E-state index contributed by atoms with van der Waals surface area (Å²) < 4.78 is 13.1. The Kier molecular flexibility index (Phi) is 5.69. The van der Waals surface area contributed by atoms with Crippen LogP contribution in [-0.4, -0.2) is 48.9 Å². The van der Waals surface area contributed by atoms with E-state index in [-0.39, 0.29) is 23.5 Å². The van der Waals surface area contributed by atoms with Crippen LogP contribution in [0.15, 0.2) is 42.6 Å². The molecule has 0 aliphatic carbocycles. The van der Waals surface area contributed by atoms with Gasteiger partial charge in [-0.05, 0) is 49.2 Å². The average Bonchev–Trinajstić information content (AvgIpc) is 2.68. The minimum Gasteiger partial charge on any atom is -0.363 e. The zero-order valence-electron chi connectivity index (χ0n) is 15.5. The summed E-state index contributed by atoms with van der Waals surface area (Å²) >= 11 is 0. The number of amides is 2. The largest absolute Gasteiger partial charge is 0.363 e. The van der Waals surface area contributed by atoms with E-state index in [0.717, 1.165) is 18.7 Å². The minimum absolute atomic E-state index is 0.119. The lowest BCUT2D eigenvalue weighted by molar-refractivity contribution is -0.121. The van der Waals surface area contributed by atoms with Crippen LogP contribution in [0.3, 0.4) is 0 Å². The third-order valence-electron chi connectivity index (χ3n) is 4.64. The normalized spacial score (nSPS) is 16.7. The van der Waals surface area contributed by atoms with Gasteiger partial charge in [0.05, 0.1) is 17.8 Å². The quantitative estimate of drug-likeness (QED) is 0.899. The van der Waals surface area contributed by atoms with Gasteiger partial charge in [0.1, 0.15) is 11.6 Å². The molecule has 1 aliphatic rings. The van der Waals surface area contributed by atoms with Crippen LogP contribution >= 0.6 is 0 Å². The lowest BCUT2D eigenvalue weighted by Crippen LogP contribution is -2.43. The van der Waals surface area contributed by atoms with Gasteiger partial charge in [0.25, 0.3) is 5.91 Å². The molecule has 142 valence electrons. The van der Waals surface area contributed by atoms with E-state index in [1.165, 1.54) is 24.3 Å². The second-order valence-electron chi connectivity index (χ2n) is 6.89. The van der Waals surface area contributed by atoms with E-state index < -0.39 is 0 Å². The standard InChI is InChI=1S/C20H23FN4O2/c1-24(2)18-10-9-17(12-22-18)23-19(26)15-4-3-11-25(13-15)20(27)14-5-7-16(21)8-6-14/h5-10,12,15H,3-4,11,13H2,1-2H3,(H,23,26). The van der Waals surface area contributed by atoms with E-state index in [1.54, 1.807) is 11.1 Å². The summed E-state index contributed by atoms with van der Waals surface area (Å²) in [6, 6.07) is 9.13. The number of piperidine rings is 1. The molecule has 0 bridgehead atoms. The fourth-order valence-corrected chi connectivity index (χ4v) is 3.12. The van der Waals surface area contributed by atoms with Gasteiger partial charge in [-0.2, -0.15) is 0 Å². The van der Waals surface area contributed by atoms with Gasteiger partial charge in [-0.25, -0.2) is 9.37 Å². The summed E-state index contributed by atoms with van der Waals surface area (Å²) in [5, 5.41) is 2.88. The number of carbonyl (C=O) groups excluding carboxylic acids is 2. The van der Waals surface area contributed by atoms with Crippen molar-refractivity contribution in [3.8, 4) is 0 Å². The summed E-state index contributed by atoms with van der Waals surface area (Å²) in [4.78, 5) is 33.0. The summed E-state index contributed by atoms with van der Waals surface area (Å²) in [6.07, 6.45) is 3.10. The molecule has 1 fully saturated rings. The molecule has 1 atom stereocenters. The first-order valence-electron chi connectivity index (χ1n) is 8.93. The van der Waals surface area contributed by atoms with Gasteiger partial charge in [0.15, 0.2) is 0 Å². The summed E-state index contributed by atoms with van der Waals surface area (Å²) in [5.41, 5.74) is 1.06. The van der Waals surface area contributed by atoms with Gasteiger partial charge < -0.3 is 15.1 Å². The number of hydrogen-bond acceptors (Lipinski definition) is 4. The summed E-state index contributed by atoms with van der Waals surface area (Å²) in [6.45, 7) is 0.949. The highest BCUT2D eigenvalue weighted by Crippen LogP contribution is 2.21. The second-order valence-corrected chi connectivity index (χ2v) is 6.89. The van der Waals surface area contributed by atoms with Crippen LogP contribution in [0.2, 0.25) is 0 Å². The molecule has 0 spiro atoms. The lowest BCUT2D eigenvalue weighted by atomic mass is 9.96. The molecule has 6 nitrogen and oxygen atoms in total. The molecule has 0 radical (unpaired) electrons. The molecule has 1 aliphatic heterocycles. The van der Waals surface area contributed by atoms with Crippen molar-refractivity contribution in [2.45, 2.75) is 12.8 Å². The monoisotopic (exact) mass is 370 g/mol. The van der Waals surface area contributed by atoms with Crippen molar-refractivity contribution < 1.29 is 14.0 Å². The molecule has 1 aromatic carbocycles. The number of likely N-dealkylation sites (tertiary alicyclic amines) is 1. The van der Waals surface area contributed by atoms with E-state index in [2.05, 4.69) is 10.3 Å². The molecule has 1 saturated heterocycles. The zero-order chi connectivity index (χ0) is 19.4. The SMILES string of the molecule is CN(C)c1ccc(NC(=O)C2CCCN(C(=O)c3ccc(F)cc3)C2)cn1. The van der Waals surface area contributed by atoms with Gasteiger partial charge >= 0.3 is 0 Å². The number of carbonyl (C=O) groups is 2. The van der Waals surface area contributed by atoms with Crippen molar-refractivity contribution in [3.63, 3.8) is 0 Å². The van der Waals surface area contributed by atoms with Crippen LogP contribution in [0.25, 0.3) is 0 Å². The van der Waals surface area contributed by atoms with Gasteiger partial charge in [-0.15, -0.1) is 0 Å². The van der Waals surface area contributed by atoms with E-state index in [1.807, 2.05) is 31.1 Å². The second kappa shape index (κ2) is 8.16. The Morgan fingerprint density at radius 1 is 1.19 bits per heavy atom. The van der Waals surface area contributed by atoms with Crippen molar-refractivity contribution >= 4 is 23.3 Å². The third-order valence-corrected chi connectivity index (χ3v) is 4.64. The Hall–Kier alpha value is -2.96. The van der Waals surface area contributed by atoms with Crippen molar-refractivity contribution in [1.29, 1.82) is 0 Å². The summed E-state index contributed by atoms with van der Waals surface area (Å²) in [7, 11) is 3.80. The molecular formula is C20H23FN4O2. The molecule has 2 amide bonds. The number of aromatic nitrogens is 1. The van der Waals surface area contributed by atoms with E-state index in [0.29, 0.717) is 24.3 Å². The van der Waals surface area contributed by atoms with Crippen molar-refractivity contribution in [1.82, 2.24) is 9.88 Å². The number of nitrogens with one attached hydrogen (secondary N) is 1. The Morgan fingerprint density at radius 2 is 1.93 bits per heavy atom. The Bertz CT molecular complexity index is 806. The van der Waals surface area contributed by atoms with Crippen molar-refractivity contribution in [2.75, 3.05) is 37.4 Å². The summed E-state index contributed by atoms with van der Waals surface area (Å²) in [5.74, 6) is -0.148. The van der Waals surface area contributed by atoms with E-state index in [4.69, 9.17) is 0 Å². The van der Waals surface area contributed by atoms with Crippen LogP contribution in [0.4, 0.5) is 15.9 Å². The van der Waals surface area contributed by atoms with Crippen LogP contribution in [0.5, 0.6) is 0 Å². The highest BCUT2D eigenvalue weighted by molar-refractivity contribution is 5.96. The molecule has 27 heavy (non-hydrogen) atoms. The Balaban J connectivity index is 1.62. The smallest absolute Gasteiger partial charge is 0.253 e. The maximum absolute atomic E-state index is 13.1. The van der Waals surface area contributed by atoms with E-state index in [9.17, 15) is 14.0 Å². The predicted molar refractivity (Wildman–Crippen MR) is 102 cm³/mol. The number of pyridine rings is 1. The average molecular weight is 370 g/mol. The van der Waals surface area contributed by atoms with Crippen LogP contribution in [-0.2, 0) is 4.79 Å². The number of nitrogens with zero attached hydrogens (tertiary/aromatic N) is 3. The van der Waals surface area contributed by atoms with E-state index >= 15 is 0 Å². The zero-order valence-corrected chi connectivity index (χ0v) is 15.5. The van der Waals surface area contributed by atoms with Crippen molar-refractivity contribution in [2.24, 2.45) is 5.92 Å². The van der Waals surface area contributed by atoms with Gasteiger partial charge in [0.2, 0.25) is 5.91 Å². The molecule has 1 aromatic heterocycles. The van der Waals surface area contributed by atoms with Crippen LogP contribution < -0.4 is 10.2 Å².